The Morgan fingerprint density at radius 3 is 2.26 bits per heavy atom. The number of aliphatic hydroxyl groups excluding tert-OH is 1. The second-order valence-corrected chi connectivity index (χ2v) is 26.4. The first-order valence-electron chi connectivity index (χ1n) is 20.7. The van der Waals surface area contributed by atoms with Crippen molar-refractivity contribution in [1.82, 2.24) is 14.4 Å². The maximum absolute atomic E-state index is 15.9. The van der Waals surface area contributed by atoms with Gasteiger partial charge in [0, 0.05) is 30.5 Å². The van der Waals surface area contributed by atoms with Crippen LogP contribution in [0.3, 0.4) is 0 Å². The summed E-state index contributed by atoms with van der Waals surface area (Å²) in [6, 6.07) is 15.9. The number of hydrogen-bond donors (Lipinski definition) is 1. The first-order chi connectivity index (χ1) is 28.7. The molecule has 3 aliphatic carbocycles. The Balaban J connectivity index is 1.45. The molecule has 0 unspecified atom stereocenters. The molecule has 3 aliphatic rings. The van der Waals surface area contributed by atoms with Gasteiger partial charge in [0.25, 0.3) is 5.88 Å². The Kier molecular flexibility index (Phi) is 11.5. The predicted octanol–water partition coefficient (Wildman–Crippen LogP) is 8.40. The highest BCUT2D eigenvalue weighted by Crippen LogP contribution is 2.59. The second-order valence-electron chi connectivity index (χ2n) is 19.6. The van der Waals surface area contributed by atoms with Gasteiger partial charge in [0.05, 0.1) is 17.9 Å². The fourth-order valence-electron chi connectivity index (χ4n) is 8.68. The van der Waals surface area contributed by atoms with E-state index in [4.69, 9.17) is 23.2 Å². The van der Waals surface area contributed by atoms with E-state index in [-0.39, 0.29) is 60.1 Å². The van der Waals surface area contributed by atoms with Crippen LogP contribution in [0.2, 0.25) is 18.1 Å². The average Bonchev–Trinajstić information content (AvgIpc) is 3.57. The number of benzene rings is 3. The molecule has 7 rings (SSSR count). The average molecular weight is 888 g/mol. The smallest absolute Gasteiger partial charge is 0.507 e. The summed E-state index contributed by atoms with van der Waals surface area (Å²) in [6.45, 7) is 15.2. The number of sulfonamides is 1. The zero-order chi connectivity index (χ0) is 45.5. The number of hydrogen-bond acceptors (Lipinski definition) is 13. The standard InChI is InChI=1S/C46H57N3O11SSi/c1-44(2,3)58-43(53)57-38-31-20-27(24-49(9)61(10,54)55)18-19-28(31)21-29-22-30-23-32-36(48(7)8)39-35(42(47-59-39)56-25-26-16-14-13-15-17-26)41(52)46(32,60-62(11,12)45(4,5)6)40(51)34(30)37(50)33(29)38/h13-21,30,32,36,50H,22-25H2,1-12H3/t30-,32-,36-,46-/m0/s1. The minimum absolute atomic E-state index is 0.00803. The van der Waals surface area contributed by atoms with E-state index in [9.17, 15) is 18.3 Å². The van der Waals surface area contributed by atoms with Crippen molar-refractivity contribution in [1.29, 1.82) is 0 Å². The zero-order valence-electron chi connectivity index (χ0n) is 37.5. The molecule has 332 valence electrons. The van der Waals surface area contributed by atoms with Crippen LogP contribution in [0, 0.1) is 11.8 Å². The van der Waals surface area contributed by atoms with E-state index in [2.05, 4.69) is 5.16 Å². The third-order valence-corrected chi connectivity index (χ3v) is 18.4. The molecule has 1 fully saturated rings. The first-order valence-corrected chi connectivity index (χ1v) is 25.5. The van der Waals surface area contributed by atoms with Gasteiger partial charge in [0.15, 0.2) is 25.4 Å². The number of ether oxygens (including phenoxy) is 3. The highest BCUT2D eigenvalue weighted by molar-refractivity contribution is 7.88. The van der Waals surface area contributed by atoms with E-state index >= 15 is 9.59 Å². The summed E-state index contributed by atoms with van der Waals surface area (Å²) >= 11 is 0. The zero-order valence-corrected chi connectivity index (χ0v) is 39.4. The minimum Gasteiger partial charge on any atom is -0.507 e. The molecular formula is C46H57N3O11SSi. The van der Waals surface area contributed by atoms with Crippen molar-refractivity contribution in [2.45, 2.75) is 103 Å². The van der Waals surface area contributed by atoms with E-state index in [1.807, 2.05) is 89.3 Å². The summed E-state index contributed by atoms with van der Waals surface area (Å²) in [5.41, 5.74) is -0.942. The molecule has 1 aromatic heterocycles. The van der Waals surface area contributed by atoms with Crippen molar-refractivity contribution in [2.75, 3.05) is 27.4 Å². The maximum Gasteiger partial charge on any atom is 0.514 e. The third kappa shape index (κ3) is 8.00. The normalized spacial score (nSPS) is 21.7. The van der Waals surface area contributed by atoms with Crippen LogP contribution in [0.1, 0.15) is 92.4 Å². The SMILES string of the molecule is CN(C)[C@@H]1c2onc(OCc3ccccc3)c2C(=O)[C@@]2(O[Si](C)(C)C(C)(C)C)C(=O)C3=C(O)c4c(cc5ccc(CN(C)S(C)(=O)=O)cc5c4OC(=O)OC(C)(C)C)C[C@H]3C[C@@H]12. The van der Waals surface area contributed by atoms with Crippen LogP contribution in [0.4, 0.5) is 4.79 Å². The number of aromatic nitrogens is 1. The van der Waals surface area contributed by atoms with E-state index in [0.717, 1.165) is 11.8 Å². The molecule has 3 aromatic carbocycles. The Bertz CT molecular complexity index is 2610. The molecule has 0 bridgehead atoms. The lowest BCUT2D eigenvalue weighted by molar-refractivity contribution is -0.140. The lowest BCUT2D eigenvalue weighted by atomic mass is 9.57. The quantitative estimate of drug-likeness (QED) is 0.0696. The second kappa shape index (κ2) is 15.7. The molecular weight excluding hydrogens is 831 g/mol. The summed E-state index contributed by atoms with van der Waals surface area (Å²) in [4.78, 5) is 47.0. The van der Waals surface area contributed by atoms with Gasteiger partial charge in [-0.15, -0.1) is 0 Å². The maximum atomic E-state index is 15.9. The summed E-state index contributed by atoms with van der Waals surface area (Å²) in [6.07, 6.45) is 0.550. The molecule has 1 N–H and O–H groups in total. The van der Waals surface area contributed by atoms with Gasteiger partial charge >= 0.3 is 6.16 Å². The van der Waals surface area contributed by atoms with E-state index in [1.54, 1.807) is 39.0 Å². The molecule has 0 radical (unpaired) electrons. The topological polar surface area (TPSA) is 175 Å². The highest BCUT2D eigenvalue weighted by atomic mass is 32.2. The number of carbonyl (C=O) groups is 3. The lowest BCUT2D eigenvalue weighted by Gasteiger charge is -2.55. The van der Waals surface area contributed by atoms with Crippen molar-refractivity contribution in [3.63, 3.8) is 0 Å². The molecule has 4 atom stereocenters. The van der Waals surface area contributed by atoms with Crippen molar-refractivity contribution >= 4 is 52.6 Å². The van der Waals surface area contributed by atoms with Crippen molar-refractivity contribution in [3.8, 4) is 11.6 Å². The van der Waals surface area contributed by atoms with Gasteiger partial charge in [-0.1, -0.05) is 69.3 Å². The number of nitrogens with zero attached hydrogens (tertiary/aromatic N) is 3. The molecule has 0 saturated heterocycles. The van der Waals surface area contributed by atoms with Gasteiger partial charge in [-0.2, -0.15) is 0 Å². The fraction of sp³-hybridized carbons (Fsp3) is 0.478. The molecule has 4 aromatic rings. The number of Topliss-reactive ketones (excluding diaryl/α,β-unsaturated/α-hetero) is 2. The van der Waals surface area contributed by atoms with Gasteiger partial charge < -0.3 is 28.3 Å². The summed E-state index contributed by atoms with van der Waals surface area (Å²) in [7, 11) is -1.39. The number of rotatable bonds is 10. The Labute approximate surface area is 364 Å². The molecule has 0 spiro atoms. The monoisotopic (exact) mass is 887 g/mol. The van der Waals surface area contributed by atoms with E-state index < -0.39 is 75.9 Å². The van der Waals surface area contributed by atoms with Crippen LogP contribution >= 0.6 is 0 Å². The van der Waals surface area contributed by atoms with Crippen LogP contribution < -0.4 is 9.47 Å². The lowest BCUT2D eigenvalue weighted by Crippen LogP contribution is -2.68. The van der Waals surface area contributed by atoms with Crippen LogP contribution in [0.25, 0.3) is 16.5 Å². The minimum atomic E-state index is -3.55. The van der Waals surface area contributed by atoms with Crippen molar-refractivity contribution < 1.29 is 51.1 Å². The Morgan fingerprint density at radius 1 is 0.968 bits per heavy atom. The summed E-state index contributed by atoms with van der Waals surface area (Å²) < 4.78 is 57.0. The third-order valence-electron chi connectivity index (χ3n) is 12.7. The molecule has 14 nitrogen and oxygen atoms in total. The predicted molar refractivity (Wildman–Crippen MR) is 236 cm³/mol. The van der Waals surface area contributed by atoms with Gasteiger partial charge in [-0.3, -0.25) is 14.5 Å². The first kappa shape index (κ1) is 45.2. The summed E-state index contributed by atoms with van der Waals surface area (Å²) in [5, 5.41) is 17.5. The number of carbonyl (C=O) groups excluding carboxylic acids is 3. The number of aliphatic hydroxyl groups is 1. The van der Waals surface area contributed by atoms with Crippen LogP contribution in [0.15, 0.2) is 64.7 Å². The van der Waals surface area contributed by atoms with Gasteiger partial charge in [-0.25, -0.2) is 17.5 Å². The number of ketones is 2. The molecule has 0 amide bonds. The van der Waals surface area contributed by atoms with E-state index in [0.29, 0.717) is 21.9 Å². The largest absolute Gasteiger partial charge is 0.514 e. The van der Waals surface area contributed by atoms with Crippen LogP contribution in [-0.2, 0) is 43.6 Å². The highest BCUT2D eigenvalue weighted by Gasteiger charge is 2.69. The van der Waals surface area contributed by atoms with Crippen LogP contribution in [-0.4, -0.2) is 92.5 Å². The summed E-state index contributed by atoms with van der Waals surface area (Å²) in [5.74, 6) is -2.98. The van der Waals surface area contributed by atoms with Gasteiger partial charge in [-0.05, 0) is 105 Å². The van der Waals surface area contributed by atoms with Gasteiger partial charge in [0.2, 0.25) is 21.6 Å². The molecule has 62 heavy (non-hydrogen) atoms. The fourth-order valence-corrected chi connectivity index (χ4v) is 10.5. The van der Waals surface area contributed by atoms with Crippen LogP contribution in [0.5, 0.6) is 11.6 Å². The Hall–Kier alpha value is -4.87. The molecule has 1 heterocycles. The molecule has 16 heteroatoms. The van der Waals surface area contributed by atoms with Crippen molar-refractivity contribution in [2.24, 2.45) is 11.8 Å². The van der Waals surface area contributed by atoms with Crippen molar-refractivity contribution in [3.05, 3.63) is 93.7 Å². The molecule has 0 aliphatic heterocycles. The van der Waals surface area contributed by atoms with E-state index in [1.165, 1.54) is 11.4 Å². The van der Waals surface area contributed by atoms with Gasteiger partial charge in [0.1, 0.15) is 23.5 Å². The molecule has 1 saturated carbocycles. The Morgan fingerprint density at radius 2 is 1.65 bits per heavy atom. The number of fused-ring (bicyclic) bond motifs is 5.